The van der Waals surface area contributed by atoms with Crippen LogP contribution in [0.15, 0.2) is 46.8 Å². The summed E-state index contributed by atoms with van der Waals surface area (Å²) in [5.74, 6) is 0.312. The van der Waals surface area contributed by atoms with Crippen molar-refractivity contribution in [3.8, 4) is 5.75 Å². The summed E-state index contributed by atoms with van der Waals surface area (Å²) in [5, 5.41) is 2.80. The molecule has 1 aromatic carbocycles. The van der Waals surface area contributed by atoms with Crippen molar-refractivity contribution in [3.63, 3.8) is 0 Å². The van der Waals surface area contributed by atoms with E-state index >= 15 is 0 Å². The highest BCUT2D eigenvalue weighted by Crippen LogP contribution is 2.39. The number of hydrogen-bond acceptors (Lipinski definition) is 6. The maximum absolute atomic E-state index is 13.0. The number of ketones is 1. The number of thiophene rings is 2. The van der Waals surface area contributed by atoms with Crippen molar-refractivity contribution in [2.24, 2.45) is 4.99 Å². The molecule has 0 fully saturated rings. The van der Waals surface area contributed by atoms with E-state index in [1.807, 2.05) is 31.4 Å². The summed E-state index contributed by atoms with van der Waals surface area (Å²) in [5.41, 5.74) is 3.42. The largest absolute Gasteiger partial charge is 0.497 e. The SMILES string of the molecule is COc1cccc(C(=O)CN2C(=O)CN=C(c3cccs3)c3c2sc(C)c3C)c1. The van der Waals surface area contributed by atoms with Gasteiger partial charge in [-0.05, 0) is 43.0 Å². The molecule has 5 nitrogen and oxygen atoms in total. The van der Waals surface area contributed by atoms with Gasteiger partial charge < -0.3 is 4.74 Å². The summed E-state index contributed by atoms with van der Waals surface area (Å²) >= 11 is 3.14. The van der Waals surface area contributed by atoms with Gasteiger partial charge in [0.15, 0.2) is 5.78 Å². The lowest BCUT2D eigenvalue weighted by molar-refractivity contribution is -0.117. The second-order valence-corrected chi connectivity index (χ2v) is 8.89. The maximum Gasteiger partial charge on any atom is 0.249 e. The van der Waals surface area contributed by atoms with Gasteiger partial charge in [-0.1, -0.05) is 18.2 Å². The van der Waals surface area contributed by atoms with Crippen LogP contribution >= 0.6 is 22.7 Å². The standard InChI is InChI=1S/C22H20N2O3S2/c1-13-14(2)29-22-20(13)21(18-8-5-9-28-18)23-11-19(26)24(22)12-17(25)15-6-4-7-16(10-15)27-3/h4-10H,11-12H2,1-3H3. The van der Waals surface area contributed by atoms with Gasteiger partial charge in [0.25, 0.3) is 0 Å². The molecule has 148 valence electrons. The number of nitrogens with zero attached hydrogens (tertiary/aromatic N) is 2. The van der Waals surface area contributed by atoms with Gasteiger partial charge in [0, 0.05) is 16.0 Å². The van der Waals surface area contributed by atoms with Gasteiger partial charge in [0.1, 0.15) is 17.3 Å². The van der Waals surface area contributed by atoms with Crippen molar-refractivity contribution in [3.05, 3.63) is 68.2 Å². The maximum atomic E-state index is 13.0. The van der Waals surface area contributed by atoms with Crippen LogP contribution in [0, 0.1) is 13.8 Å². The summed E-state index contributed by atoms with van der Waals surface area (Å²) in [6.07, 6.45) is 0. The minimum atomic E-state index is -0.171. The fourth-order valence-electron chi connectivity index (χ4n) is 3.31. The van der Waals surface area contributed by atoms with Gasteiger partial charge in [0.2, 0.25) is 5.91 Å². The van der Waals surface area contributed by atoms with Crippen LogP contribution in [0.1, 0.15) is 31.2 Å². The number of rotatable bonds is 5. The topological polar surface area (TPSA) is 59.0 Å². The average molecular weight is 425 g/mol. The van der Waals surface area contributed by atoms with Gasteiger partial charge >= 0.3 is 0 Å². The molecule has 0 saturated carbocycles. The van der Waals surface area contributed by atoms with Crippen LogP contribution < -0.4 is 9.64 Å². The quantitative estimate of drug-likeness (QED) is 0.567. The zero-order chi connectivity index (χ0) is 20.5. The first kappa shape index (κ1) is 19.5. The number of carbonyl (C=O) groups excluding carboxylic acids is 2. The van der Waals surface area contributed by atoms with E-state index in [-0.39, 0.29) is 24.8 Å². The minimum Gasteiger partial charge on any atom is -0.497 e. The van der Waals surface area contributed by atoms with Gasteiger partial charge in [0.05, 0.1) is 24.2 Å². The van der Waals surface area contributed by atoms with Crippen LogP contribution in [0.4, 0.5) is 5.00 Å². The lowest BCUT2D eigenvalue weighted by Gasteiger charge is -2.20. The van der Waals surface area contributed by atoms with Crippen LogP contribution in [0.25, 0.3) is 0 Å². The Balaban J connectivity index is 1.74. The highest BCUT2D eigenvalue weighted by Gasteiger charge is 2.31. The first-order chi connectivity index (χ1) is 14.0. The number of amides is 1. The molecule has 0 spiro atoms. The Morgan fingerprint density at radius 2 is 2.07 bits per heavy atom. The molecule has 0 bridgehead atoms. The van der Waals surface area contributed by atoms with Crippen molar-refractivity contribution in [2.45, 2.75) is 13.8 Å². The molecule has 0 saturated heterocycles. The van der Waals surface area contributed by atoms with Crippen molar-refractivity contribution >= 4 is 45.1 Å². The molecule has 1 aliphatic heterocycles. The van der Waals surface area contributed by atoms with Crippen molar-refractivity contribution in [1.29, 1.82) is 0 Å². The Bertz CT molecular complexity index is 1110. The minimum absolute atomic E-state index is 0.0222. The monoisotopic (exact) mass is 424 g/mol. The van der Waals surface area contributed by atoms with Gasteiger partial charge in [-0.3, -0.25) is 19.5 Å². The fraction of sp³-hybridized carbons (Fsp3) is 0.227. The smallest absolute Gasteiger partial charge is 0.249 e. The number of ether oxygens (including phenoxy) is 1. The molecule has 3 aromatic rings. The van der Waals surface area contributed by atoms with Gasteiger partial charge in [-0.15, -0.1) is 22.7 Å². The Hall–Kier alpha value is -2.77. The van der Waals surface area contributed by atoms with Crippen molar-refractivity contribution in [1.82, 2.24) is 0 Å². The van der Waals surface area contributed by atoms with E-state index in [2.05, 4.69) is 4.99 Å². The molecule has 29 heavy (non-hydrogen) atoms. The highest BCUT2D eigenvalue weighted by molar-refractivity contribution is 7.17. The van der Waals surface area contributed by atoms with Crippen LogP contribution in [0.2, 0.25) is 0 Å². The number of aliphatic imine (C=N–C) groups is 1. The molecule has 4 rings (SSSR count). The molecule has 2 aromatic heterocycles. The van der Waals surface area contributed by atoms with Crippen LogP contribution in [-0.2, 0) is 4.79 Å². The van der Waals surface area contributed by atoms with Gasteiger partial charge in [-0.25, -0.2) is 0 Å². The second-order valence-electron chi connectivity index (χ2n) is 6.74. The zero-order valence-corrected chi connectivity index (χ0v) is 18.0. The number of fused-ring (bicyclic) bond motifs is 1. The normalized spacial score (nSPS) is 13.7. The number of anilines is 1. The fourth-order valence-corrected chi connectivity index (χ4v) is 5.22. The Morgan fingerprint density at radius 1 is 1.24 bits per heavy atom. The molecule has 0 radical (unpaired) electrons. The molecular formula is C22H20N2O3S2. The second kappa shape index (κ2) is 7.93. The first-order valence-electron chi connectivity index (χ1n) is 9.16. The molecule has 1 amide bonds. The number of hydrogen-bond donors (Lipinski definition) is 0. The third-order valence-corrected chi connectivity index (χ3v) is 7.08. The number of benzene rings is 1. The summed E-state index contributed by atoms with van der Waals surface area (Å²) in [6, 6.07) is 11.0. The van der Waals surface area contributed by atoms with E-state index in [0.29, 0.717) is 11.3 Å². The molecule has 0 atom stereocenters. The number of carbonyl (C=O) groups is 2. The molecule has 1 aliphatic rings. The van der Waals surface area contributed by atoms with E-state index in [0.717, 1.165) is 31.6 Å². The first-order valence-corrected chi connectivity index (χ1v) is 10.9. The number of Topliss-reactive ketones (excluding diaryl/α,β-unsaturated/α-hetero) is 1. The Kier molecular flexibility index (Phi) is 5.34. The van der Waals surface area contributed by atoms with E-state index in [4.69, 9.17) is 4.74 Å². The predicted molar refractivity (Wildman–Crippen MR) is 118 cm³/mol. The molecule has 7 heteroatoms. The molecule has 0 aliphatic carbocycles. The molecular weight excluding hydrogens is 404 g/mol. The van der Waals surface area contributed by atoms with Crippen molar-refractivity contribution in [2.75, 3.05) is 25.1 Å². The van der Waals surface area contributed by atoms with E-state index in [1.165, 1.54) is 11.3 Å². The zero-order valence-electron chi connectivity index (χ0n) is 16.4. The van der Waals surface area contributed by atoms with E-state index in [9.17, 15) is 9.59 Å². The Labute approximate surface area is 177 Å². The molecule has 3 heterocycles. The predicted octanol–water partition coefficient (Wildman–Crippen LogP) is 4.50. The third kappa shape index (κ3) is 3.63. The Morgan fingerprint density at radius 3 is 2.79 bits per heavy atom. The van der Waals surface area contributed by atoms with E-state index in [1.54, 1.807) is 47.6 Å². The molecule has 0 unspecified atom stereocenters. The lowest BCUT2D eigenvalue weighted by atomic mass is 10.0. The van der Waals surface area contributed by atoms with Crippen molar-refractivity contribution < 1.29 is 14.3 Å². The van der Waals surface area contributed by atoms with Gasteiger partial charge in [-0.2, -0.15) is 0 Å². The highest BCUT2D eigenvalue weighted by atomic mass is 32.1. The average Bonchev–Trinajstić information content (AvgIpc) is 3.33. The summed E-state index contributed by atoms with van der Waals surface area (Å²) in [6.45, 7) is 4.09. The summed E-state index contributed by atoms with van der Waals surface area (Å²) in [4.78, 5) is 34.3. The van der Waals surface area contributed by atoms with E-state index < -0.39 is 0 Å². The lowest BCUT2D eigenvalue weighted by Crippen LogP contribution is -2.36. The summed E-state index contributed by atoms with van der Waals surface area (Å²) in [7, 11) is 1.56. The number of methoxy groups -OCH3 is 1. The third-order valence-electron chi connectivity index (χ3n) is 4.97. The summed E-state index contributed by atoms with van der Waals surface area (Å²) < 4.78 is 5.22. The number of aryl methyl sites for hydroxylation is 1. The van der Waals surface area contributed by atoms with Crippen LogP contribution in [0.5, 0.6) is 5.75 Å². The molecule has 0 N–H and O–H groups in total. The van der Waals surface area contributed by atoms with Crippen LogP contribution in [-0.4, -0.2) is 37.6 Å². The van der Waals surface area contributed by atoms with Crippen LogP contribution in [0.3, 0.4) is 0 Å².